The Hall–Kier alpha value is -2.80. The molecule has 0 aliphatic carbocycles. The maximum atomic E-state index is 12.2. The standard InChI is InChI=1S/C19H24N2O5.ClH/c1-23-15-9-7-13(11-14(15)20)21-17(22)10-6-12-5-8-16(24-2)19(26-4)18(12)25-3;/h5,7-9,11H,6,10,20H2,1-4H3,(H,21,22);1H. The summed E-state index contributed by atoms with van der Waals surface area (Å²) in [5, 5.41) is 2.82. The molecule has 0 fully saturated rings. The lowest BCUT2D eigenvalue weighted by Gasteiger charge is -2.15. The third-order valence-electron chi connectivity index (χ3n) is 3.92. The van der Waals surface area contributed by atoms with E-state index in [-0.39, 0.29) is 24.7 Å². The highest BCUT2D eigenvalue weighted by Gasteiger charge is 2.16. The monoisotopic (exact) mass is 396 g/mol. The van der Waals surface area contributed by atoms with Gasteiger partial charge in [-0.3, -0.25) is 4.79 Å². The van der Waals surface area contributed by atoms with E-state index in [2.05, 4.69) is 5.32 Å². The van der Waals surface area contributed by atoms with E-state index in [4.69, 9.17) is 24.7 Å². The zero-order valence-electron chi connectivity index (χ0n) is 15.8. The number of nitrogens with two attached hydrogens (primary N) is 1. The first-order valence-electron chi connectivity index (χ1n) is 8.05. The van der Waals surface area contributed by atoms with E-state index in [9.17, 15) is 4.79 Å². The number of ether oxygens (including phenoxy) is 4. The van der Waals surface area contributed by atoms with Gasteiger partial charge >= 0.3 is 0 Å². The molecule has 0 heterocycles. The molecule has 0 saturated heterocycles. The van der Waals surface area contributed by atoms with Crippen LogP contribution in [-0.4, -0.2) is 34.3 Å². The first-order chi connectivity index (χ1) is 12.5. The van der Waals surface area contributed by atoms with Crippen molar-refractivity contribution < 1.29 is 23.7 Å². The van der Waals surface area contributed by atoms with E-state index in [1.807, 2.05) is 6.07 Å². The minimum absolute atomic E-state index is 0. The SMILES string of the molecule is COc1ccc(NC(=O)CCc2ccc(OC)c(OC)c2OC)cc1N.Cl. The Morgan fingerprint density at radius 1 is 0.926 bits per heavy atom. The van der Waals surface area contributed by atoms with Gasteiger partial charge in [-0.05, 0) is 36.2 Å². The molecule has 2 rings (SSSR count). The van der Waals surface area contributed by atoms with Crippen molar-refractivity contribution >= 4 is 29.7 Å². The number of amides is 1. The molecule has 2 aromatic carbocycles. The van der Waals surface area contributed by atoms with Gasteiger partial charge in [0, 0.05) is 12.1 Å². The van der Waals surface area contributed by atoms with Gasteiger partial charge in [0.05, 0.1) is 34.1 Å². The van der Waals surface area contributed by atoms with Crippen LogP contribution >= 0.6 is 12.4 Å². The number of halogens is 1. The summed E-state index contributed by atoms with van der Waals surface area (Å²) in [5.74, 6) is 2.08. The Bertz CT molecular complexity index is 783. The summed E-state index contributed by atoms with van der Waals surface area (Å²) in [6, 6.07) is 8.76. The summed E-state index contributed by atoms with van der Waals surface area (Å²) < 4.78 is 21.2. The van der Waals surface area contributed by atoms with Crippen molar-refractivity contribution in [2.24, 2.45) is 0 Å². The first-order valence-corrected chi connectivity index (χ1v) is 8.05. The number of rotatable bonds is 8. The number of aryl methyl sites for hydroxylation is 1. The molecular weight excluding hydrogens is 372 g/mol. The van der Waals surface area contributed by atoms with Crippen molar-refractivity contribution in [2.75, 3.05) is 39.5 Å². The van der Waals surface area contributed by atoms with Crippen LogP contribution in [0.15, 0.2) is 30.3 Å². The highest BCUT2D eigenvalue weighted by atomic mass is 35.5. The topological polar surface area (TPSA) is 92.0 Å². The molecule has 1 amide bonds. The number of anilines is 2. The number of hydrogen-bond donors (Lipinski definition) is 2. The lowest BCUT2D eigenvalue weighted by Crippen LogP contribution is -2.13. The van der Waals surface area contributed by atoms with Crippen molar-refractivity contribution in [3.8, 4) is 23.0 Å². The van der Waals surface area contributed by atoms with Crippen molar-refractivity contribution in [3.63, 3.8) is 0 Å². The molecule has 3 N–H and O–H groups in total. The van der Waals surface area contributed by atoms with Crippen LogP contribution in [0.4, 0.5) is 11.4 Å². The number of methoxy groups -OCH3 is 4. The number of hydrogen-bond acceptors (Lipinski definition) is 6. The fourth-order valence-electron chi connectivity index (χ4n) is 2.64. The lowest BCUT2D eigenvalue weighted by molar-refractivity contribution is -0.116. The summed E-state index contributed by atoms with van der Waals surface area (Å²) in [5.41, 5.74) is 7.79. The van der Waals surface area contributed by atoms with E-state index in [0.717, 1.165) is 5.56 Å². The van der Waals surface area contributed by atoms with Gasteiger partial charge in [-0.2, -0.15) is 0 Å². The number of carbonyl (C=O) groups is 1. The summed E-state index contributed by atoms with van der Waals surface area (Å²) in [7, 11) is 6.21. The summed E-state index contributed by atoms with van der Waals surface area (Å²) in [4.78, 5) is 12.2. The molecule has 2 aromatic rings. The van der Waals surface area contributed by atoms with Gasteiger partial charge in [0.15, 0.2) is 11.5 Å². The average molecular weight is 397 g/mol. The predicted molar refractivity (Wildman–Crippen MR) is 108 cm³/mol. The summed E-state index contributed by atoms with van der Waals surface area (Å²) >= 11 is 0. The minimum atomic E-state index is -0.133. The fraction of sp³-hybridized carbons (Fsp3) is 0.316. The molecule has 7 nitrogen and oxygen atoms in total. The molecule has 8 heteroatoms. The molecule has 0 unspecified atom stereocenters. The molecule has 0 aliphatic rings. The molecule has 0 atom stereocenters. The van der Waals surface area contributed by atoms with Crippen LogP contribution in [0.25, 0.3) is 0 Å². The number of nitrogens with one attached hydrogen (secondary N) is 1. The quantitative estimate of drug-likeness (QED) is 0.665. The van der Waals surface area contributed by atoms with Crippen LogP contribution in [0.2, 0.25) is 0 Å². The van der Waals surface area contributed by atoms with Gasteiger partial charge in [-0.15, -0.1) is 12.4 Å². The van der Waals surface area contributed by atoms with Crippen LogP contribution in [0.3, 0.4) is 0 Å². The zero-order valence-corrected chi connectivity index (χ0v) is 16.6. The van der Waals surface area contributed by atoms with E-state index < -0.39 is 0 Å². The molecule has 0 radical (unpaired) electrons. The van der Waals surface area contributed by atoms with Gasteiger partial charge in [0.2, 0.25) is 11.7 Å². The second-order valence-corrected chi connectivity index (χ2v) is 5.50. The van der Waals surface area contributed by atoms with Crippen molar-refractivity contribution in [3.05, 3.63) is 35.9 Å². The Morgan fingerprint density at radius 3 is 2.11 bits per heavy atom. The fourth-order valence-corrected chi connectivity index (χ4v) is 2.64. The molecule has 0 spiro atoms. The lowest BCUT2D eigenvalue weighted by atomic mass is 10.1. The predicted octanol–water partition coefficient (Wildman–Crippen LogP) is 3.30. The maximum Gasteiger partial charge on any atom is 0.224 e. The average Bonchev–Trinajstić information content (AvgIpc) is 2.65. The second kappa shape index (κ2) is 10.4. The van der Waals surface area contributed by atoms with Crippen LogP contribution in [0, 0.1) is 0 Å². The molecule has 0 aromatic heterocycles. The van der Waals surface area contributed by atoms with Gasteiger partial charge in [0.25, 0.3) is 0 Å². The minimum Gasteiger partial charge on any atom is -0.495 e. The van der Waals surface area contributed by atoms with E-state index in [0.29, 0.717) is 40.8 Å². The van der Waals surface area contributed by atoms with Gasteiger partial charge in [-0.25, -0.2) is 0 Å². The molecule has 0 bridgehead atoms. The Morgan fingerprint density at radius 2 is 1.56 bits per heavy atom. The smallest absolute Gasteiger partial charge is 0.224 e. The second-order valence-electron chi connectivity index (χ2n) is 5.50. The molecule has 0 aliphatic heterocycles. The normalized spacial score (nSPS) is 9.78. The highest BCUT2D eigenvalue weighted by Crippen LogP contribution is 2.40. The zero-order chi connectivity index (χ0) is 19.1. The Kier molecular flexibility index (Phi) is 8.55. The number of nitrogen functional groups attached to an aromatic ring is 1. The van der Waals surface area contributed by atoms with Crippen LogP contribution in [0.5, 0.6) is 23.0 Å². The summed E-state index contributed by atoms with van der Waals surface area (Å²) in [6.07, 6.45) is 0.763. The van der Waals surface area contributed by atoms with E-state index in [1.165, 1.54) is 0 Å². The van der Waals surface area contributed by atoms with Crippen molar-refractivity contribution in [1.82, 2.24) is 0 Å². The Labute approximate surface area is 165 Å². The van der Waals surface area contributed by atoms with Crippen molar-refractivity contribution in [2.45, 2.75) is 12.8 Å². The van der Waals surface area contributed by atoms with Gasteiger partial charge < -0.3 is 30.0 Å². The Balaban J connectivity index is 0.00000364. The maximum absolute atomic E-state index is 12.2. The van der Waals surface area contributed by atoms with E-state index in [1.54, 1.807) is 52.7 Å². The number of carbonyl (C=O) groups excluding carboxylic acids is 1. The first kappa shape index (κ1) is 22.2. The molecule has 27 heavy (non-hydrogen) atoms. The van der Waals surface area contributed by atoms with Crippen LogP contribution in [-0.2, 0) is 11.2 Å². The third-order valence-corrected chi connectivity index (χ3v) is 3.92. The van der Waals surface area contributed by atoms with Crippen LogP contribution < -0.4 is 30.0 Å². The van der Waals surface area contributed by atoms with Crippen LogP contribution in [0.1, 0.15) is 12.0 Å². The summed E-state index contributed by atoms with van der Waals surface area (Å²) in [6.45, 7) is 0. The van der Waals surface area contributed by atoms with Gasteiger partial charge in [0.1, 0.15) is 5.75 Å². The third kappa shape index (κ3) is 5.34. The van der Waals surface area contributed by atoms with E-state index >= 15 is 0 Å². The van der Waals surface area contributed by atoms with Gasteiger partial charge in [-0.1, -0.05) is 6.07 Å². The largest absolute Gasteiger partial charge is 0.495 e. The highest BCUT2D eigenvalue weighted by molar-refractivity contribution is 5.91. The molecular formula is C19H25ClN2O5. The number of benzene rings is 2. The molecule has 148 valence electrons. The van der Waals surface area contributed by atoms with Crippen molar-refractivity contribution in [1.29, 1.82) is 0 Å². The molecule has 0 saturated carbocycles.